The van der Waals surface area contributed by atoms with Gasteiger partial charge in [-0.05, 0) is 57.0 Å². The molecule has 33 heavy (non-hydrogen) atoms. The number of likely N-dealkylation sites (tertiary alicyclic amines) is 1. The van der Waals surface area contributed by atoms with E-state index in [4.69, 9.17) is 4.74 Å². The molecule has 0 radical (unpaired) electrons. The van der Waals surface area contributed by atoms with Gasteiger partial charge in [-0.1, -0.05) is 31.9 Å². The molecule has 3 heterocycles. The minimum absolute atomic E-state index is 0.164. The monoisotopic (exact) mass is 452 g/mol. The molecule has 1 aromatic heterocycles. The Balaban J connectivity index is 1.31. The first-order valence-corrected chi connectivity index (χ1v) is 12.0. The number of carbonyl (C=O) groups is 1. The summed E-state index contributed by atoms with van der Waals surface area (Å²) in [6, 6.07) is 3.90. The van der Waals surface area contributed by atoms with Gasteiger partial charge >= 0.3 is 0 Å². The van der Waals surface area contributed by atoms with E-state index >= 15 is 0 Å². The predicted molar refractivity (Wildman–Crippen MR) is 127 cm³/mol. The first kappa shape index (κ1) is 23.4. The van der Waals surface area contributed by atoms with Crippen LogP contribution in [0.5, 0.6) is 11.5 Å². The smallest absolute Gasteiger partial charge is 0.188 e. The van der Waals surface area contributed by atoms with E-state index < -0.39 is 5.82 Å². The largest absolute Gasteiger partial charge is 0.451 e. The molecule has 0 aliphatic carbocycles. The van der Waals surface area contributed by atoms with Gasteiger partial charge in [0.25, 0.3) is 0 Å². The maximum Gasteiger partial charge on any atom is 0.188 e. The van der Waals surface area contributed by atoms with Gasteiger partial charge in [0, 0.05) is 25.0 Å². The highest BCUT2D eigenvalue weighted by molar-refractivity contribution is 5.79. The van der Waals surface area contributed by atoms with Gasteiger partial charge in [-0.15, -0.1) is 0 Å². The van der Waals surface area contributed by atoms with Gasteiger partial charge < -0.3 is 9.64 Å². The van der Waals surface area contributed by atoms with Crippen LogP contribution in [0.4, 0.5) is 10.2 Å². The summed E-state index contributed by atoms with van der Waals surface area (Å²) in [5.74, 6) is 1.02. The summed E-state index contributed by atoms with van der Waals surface area (Å²) in [6.07, 6.45) is 15.8. The van der Waals surface area contributed by atoms with Crippen LogP contribution < -0.4 is 9.64 Å². The molecule has 176 valence electrons. The molecular weight excluding hydrogens is 419 g/mol. The van der Waals surface area contributed by atoms with E-state index in [-0.39, 0.29) is 5.56 Å². The second-order valence-electron chi connectivity index (χ2n) is 9.24. The highest BCUT2D eigenvalue weighted by atomic mass is 19.1. The average Bonchev–Trinajstić information content (AvgIpc) is 2.82. The number of aromatic nitrogens is 2. The second-order valence-corrected chi connectivity index (χ2v) is 9.24. The van der Waals surface area contributed by atoms with Crippen LogP contribution in [0.3, 0.4) is 0 Å². The van der Waals surface area contributed by atoms with Gasteiger partial charge in [0.15, 0.2) is 17.9 Å². The molecule has 7 heteroatoms. The lowest BCUT2D eigenvalue weighted by atomic mass is 9.72. The number of anilines is 1. The number of benzene rings is 1. The number of nitrogens with zero attached hydrogens (tertiary/aromatic N) is 4. The highest BCUT2D eigenvalue weighted by Gasteiger charge is 2.45. The molecule has 2 aliphatic heterocycles. The molecule has 0 amide bonds. The molecule has 0 saturated carbocycles. The number of halogens is 1. The Labute approximate surface area is 195 Å². The highest BCUT2D eigenvalue weighted by Crippen LogP contribution is 2.44. The van der Waals surface area contributed by atoms with Gasteiger partial charge in [-0.2, -0.15) is 0 Å². The van der Waals surface area contributed by atoms with Gasteiger partial charge in [-0.3, -0.25) is 9.69 Å². The van der Waals surface area contributed by atoms with E-state index in [0.29, 0.717) is 29.0 Å². The lowest BCUT2D eigenvalue weighted by Gasteiger charge is -2.54. The van der Waals surface area contributed by atoms with Gasteiger partial charge in [0.1, 0.15) is 17.9 Å². The normalized spacial score (nSPS) is 17.9. The average molecular weight is 453 g/mol. The zero-order valence-electron chi connectivity index (χ0n) is 19.4. The van der Waals surface area contributed by atoms with Crippen molar-refractivity contribution in [2.24, 2.45) is 5.41 Å². The fourth-order valence-electron chi connectivity index (χ4n) is 4.74. The third-order valence-corrected chi connectivity index (χ3v) is 6.75. The summed E-state index contributed by atoms with van der Waals surface area (Å²) in [7, 11) is 0. The van der Waals surface area contributed by atoms with E-state index in [1.807, 2.05) is 0 Å². The zero-order chi connectivity index (χ0) is 23.1. The molecule has 0 atom stereocenters. The topological polar surface area (TPSA) is 58.6 Å². The van der Waals surface area contributed by atoms with Crippen LogP contribution in [0, 0.1) is 11.2 Å². The summed E-state index contributed by atoms with van der Waals surface area (Å²) in [5.41, 5.74) is 0.490. The Kier molecular flexibility index (Phi) is 7.70. The molecular formula is C26H33FN4O2. The van der Waals surface area contributed by atoms with Crippen molar-refractivity contribution in [2.45, 2.75) is 45.4 Å². The SMILES string of the molecule is CCCCC/C=C/CN1CCC2(CC1)CN(c1ncncc1Oc1ccc(F)cc1C=O)C2. The van der Waals surface area contributed by atoms with Crippen molar-refractivity contribution in [1.82, 2.24) is 14.9 Å². The number of rotatable bonds is 10. The molecule has 6 nitrogen and oxygen atoms in total. The zero-order valence-corrected chi connectivity index (χ0v) is 19.4. The van der Waals surface area contributed by atoms with Gasteiger partial charge in [-0.25, -0.2) is 14.4 Å². The van der Waals surface area contributed by atoms with Gasteiger partial charge in [0.05, 0.1) is 11.8 Å². The van der Waals surface area contributed by atoms with E-state index in [2.05, 4.69) is 38.8 Å². The lowest BCUT2D eigenvalue weighted by Crippen LogP contribution is -2.60. The first-order valence-electron chi connectivity index (χ1n) is 12.0. The quantitative estimate of drug-likeness (QED) is 0.278. The Bertz CT molecular complexity index is 965. The number of allylic oxidation sites excluding steroid dienone is 1. The van der Waals surface area contributed by atoms with Crippen LogP contribution >= 0.6 is 0 Å². The van der Waals surface area contributed by atoms with E-state index in [9.17, 15) is 9.18 Å². The molecule has 0 bridgehead atoms. The van der Waals surface area contributed by atoms with Crippen molar-refractivity contribution in [2.75, 3.05) is 37.6 Å². The Hall–Kier alpha value is -2.80. The molecule has 2 fully saturated rings. The third kappa shape index (κ3) is 5.77. The Morgan fingerprint density at radius 2 is 1.97 bits per heavy atom. The molecule has 1 spiro atoms. The molecule has 1 aromatic carbocycles. The molecule has 2 aromatic rings. The van der Waals surface area contributed by atoms with Crippen molar-refractivity contribution in [3.05, 3.63) is 54.3 Å². The standard InChI is InChI=1S/C26H33FN4O2/c1-2-3-4-5-6-7-12-30-13-10-26(11-14-30)18-31(19-26)25-24(16-28-20-29-25)33-23-9-8-22(27)15-21(23)17-32/h6-9,15-17,20H,2-5,10-14,18-19H2,1H3/b7-6+. The fraction of sp³-hybridized carbons (Fsp3) is 0.500. The number of ether oxygens (including phenoxy) is 1. The van der Waals surface area contributed by atoms with Crippen molar-refractivity contribution in [3.8, 4) is 11.5 Å². The van der Waals surface area contributed by atoms with Crippen molar-refractivity contribution in [1.29, 1.82) is 0 Å². The summed E-state index contributed by atoms with van der Waals surface area (Å²) >= 11 is 0. The molecule has 0 unspecified atom stereocenters. The van der Waals surface area contributed by atoms with E-state index in [1.54, 1.807) is 6.20 Å². The number of hydrogen-bond donors (Lipinski definition) is 0. The van der Waals surface area contributed by atoms with Crippen molar-refractivity contribution >= 4 is 12.1 Å². The van der Waals surface area contributed by atoms with Crippen molar-refractivity contribution in [3.63, 3.8) is 0 Å². The molecule has 2 saturated heterocycles. The van der Waals surface area contributed by atoms with Crippen LogP contribution in [-0.4, -0.2) is 53.9 Å². The second kappa shape index (κ2) is 10.9. The molecule has 0 N–H and O–H groups in total. The number of aldehydes is 1. The Morgan fingerprint density at radius 1 is 1.15 bits per heavy atom. The van der Waals surface area contributed by atoms with Crippen LogP contribution in [0.15, 0.2) is 42.9 Å². The molecule has 2 aliphatic rings. The number of piperidine rings is 1. The minimum Gasteiger partial charge on any atom is -0.451 e. The van der Waals surface area contributed by atoms with E-state index in [0.717, 1.165) is 32.7 Å². The maximum atomic E-state index is 13.5. The van der Waals surface area contributed by atoms with Crippen LogP contribution in [0.25, 0.3) is 0 Å². The van der Waals surface area contributed by atoms with Crippen LogP contribution in [0.2, 0.25) is 0 Å². The van der Waals surface area contributed by atoms with Crippen LogP contribution in [0.1, 0.15) is 55.8 Å². The predicted octanol–water partition coefficient (Wildman–Crippen LogP) is 5.26. The number of carbonyl (C=O) groups excluding carboxylic acids is 1. The first-order chi connectivity index (χ1) is 16.1. The summed E-state index contributed by atoms with van der Waals surface area (Å²) in [6.45, 7) is 7.40. The Morgan fingerprint density at radius 3 is 2.73 bits per heavy atom. The third-order valence-electron chi connectivity index (χ3n) is 6.75. The van der Waals surface area contributed by atoms with Crippen LogP contribution in [-0.2, 0) is 0 Å². The van der Waals surface area contributed by atoms with Gasteiger partial charge in [0.2, 0.25) is 0 Å². The van der Waals surface area contributed by atoms with E-state index in [1.165, 1.54) is 63.1 Å². The number of hydrogen-bond acceptors (Lipinski definition) is 6. The summed E-state index contributed by atoms with van der Waals surface area (Å²) < 4.78 is 19.4. The maximum absolute atomic E-state index is 13.5. The summed E-state index contributed by atoms with van der Waals surface area (Å²) in [4.78, 5) is 24.6. The fourth-order valence-corrected chi connectivity index (χ4v) is 4.74. The molecule has 4 rings (SSSR count). The lowest BCUT2D eigenvalue weighted by molar-refractivity contribution is 0.0820. The minimum atomic E-state index is -0.475. The van der Waals surface area contributed by atoms with Crippen molar-refractivity contribution < 1.29 is 13.9 Å². The number of unbranched alkanes of at least 4 members (excludes halogenated alkanes) is 3. The summed E-state index contributed by atoms with van der Waals surface area (Å²) in [5, 5.41) is 0.